The first-order valence-electron chi connectivity index (χ1n) is 9.43. The monoisotopic (exact) mass is 396 g/mol. The molecule has 0 aliphatic carbocycles. The maximum Gasteiger partial charge on any atom is 0.195 e. The van der Waals surface area contributed by atoms with Gasteiger partial charge in [0, 0.05) is 4.88 Å². The van der Waals surface area contributed by atoms with Crippen LogP contribution in [0.4, 0.5) is 0 Å². The number of carbonyl (C=O) groups is 1. The van der Waals surface area contributed by atoms with E-state index in [1.807, 2.05) is 55.5 Å². The Labute approximate surface area is 169 Å². The summed E-state index contributed by atoms with van der Waals surface area (Å²) in [5.41, 5.74) is 0. The zero-order valence-corrected chi connectivity index (χ0v) is 17.0. The van der Waals surface area contributed by atoms with Crippen molar-refractivity contribution in [3.8, 4) is 11.5 Å². The largest absolute Gasteiger partial charge is 0.494 e. The van der Waals surface area contributed by atoms with Crippen molar-refractivity contribution in [3.63, 3.8) is 0 Å². The van der Waals surface area contributed by atoms with E-state index < -0.39 is 0 Å². The molecule has 0 saturated carbocycles. The van der Waals surface area contributed by atoms with Crippen molar-refractivity contribution in [2.75, 3.05) is 6.61 Å². The molecule has 0 radical (unpaired) electrons. The summed E-state index contributed by atoms with van der Waals surface area (Å²) in [4.78, 5) is 14.3. The average Bonchev–Trinajstić information content (AvgIpc) is 3.36. The van der Waals surface area contributed by atoms with Gasteiger partial charge in [0.15, 0.2) is 5.78 Å². The van der Waals surface area contributed by atoms with Gasteiger partial charge in [-0.25, -0.2) is 0 Å². The molecule has 0 aliphatic heterocycles. The lowest BCUT2D eigenvalue weighted by Crippen LogP contribution is -1.94. The van der Waals surface area contributed by atoms with Gasteiger partial charge in [-0.15, -0.1) is 11.3 Å². The summed E-state index contributed by atoms with van der Waals surface area (Å²) in [5, 5.41) is 0. The molecule has 4 nitrogen and oxygen atoms in total. The zero-order valence-electron chi connectivity index (χ0n) is 16.1. The zero-order chi connectivity index (χ0) is 19.8. The third-order valence-corrected chi connectivity index (χ3v) is 5.16. The Balaban J connectivity index is 1.53. The topological polar surface area (TPSA) is 48.7 Å². The number of carbonyl (C=O) groups excluding carboxylic acids is 1. The van der Waals surface area contributed by atoms with Crippen molar-refractivity contribution in [2.45, 2.75) is 33.3 Å². The molecule has 0 saturated heterocycles. The number of hydrogen-bond acceptors (Lipinski definition) is 5. The fourth-order valence-electron chi connectivity index (χ4n) is 2.65. The van der Waals surface area contributed by atoms with E-state index in [9.17, 15) is 4.79 Å². The maximum atomic E-state index is 12.3. The van der Waals surface area contributed by atoms with Gasteiger partial charge in [0.2, 0.25) is 0 Å². The average molecular weight is 397 g/mol. The van der Waals surface area contributed by atoms with Gasteiger partial charge in [-0.1, -0.05) is 13.3 Å². The third-order valence-electron chi connectivity index (χ3n) is 4.00. The molecule has 3 rings (SSSR count). The predicted octanol–water partition coefficient (Wildman–Crippen LogP) is 6.17. The van der Waals surface area contributed by atoms with Crippen LogP contribution in [0.25, 0.3) is 6.08 Å². The van der Waals surface area contributed by atoms with Crippen LogP contribution >= 0.6 is 11.3 Å². The smallest absolute Gasteiger partial charge is 0.195 e. The van der Waals surface area contributed by atoms with Crippen molar-refractivity contribution in [1.29, 1.82) is 0 Å². The second kappa shape index (κ2) is 9.95. The summed E-state index contributed by atoms with van der Waals surface area (Å²) in [7, 11) is 0. The molecule has 2 heterocycles. The molecule has 0 spiro atoms. The standard InChI is InChI=1S/C23H24O4S/c1-3-5-21-13-15-23(28-21)22(24)14-12-19-10-11-20(27-19)16-26-18-8-6-17(7-9-18)25-4-2/h6-15H,3-5,16H2,1-2H3/b14-12+. The quantitative estimate of drug-likeness (QED) is 0.304. The SMILES string of the molecule is CCCc1ccc(C(=O)/C=C/c2ccc(COc3ccc(OCC)cc3)o2)s1. The molecule has 0 unspecified atom stereocenters. The number of furan rings is 1. The summed E-state index contributed by atoms with van der Waals surface area (Å²) >= 11 is 1.56. The number of hydrogen-bond donors (Lipinski definition) is 0. The van der Waals surface area contributed by atoms with Crippen molar-refractivity contribution in [1.82, 2.24) is 0 Å². The van der Waals surface area contributed by atoms with Gasteiger partial charge in [-0.05, 0) is 74.0 Å². The Hall–Kier alpha value is -2.79. The van der Waals surface area contributed by atoms with Crippen LogP contribution < -0.4 is 9.47 Å². The van der Waals surface area contributed by atoms with Crippen LogP contribution in [0.1, 0.15) is 46.3 Å². The highest BCUT2D eigenvalue weighted by atomic mass is 32.1. The lowest BCUT2D eigenvalue weighted by atomic mass is 10.2. The van der Waals surface area contributed by atoms with E-state index in [0.29, 0.717) is 24.7 Å². The Morgan fingerprint density at radius 2 is 1.75 bits per heavy atom. The fourth-order valence-corrected chi connectivity index (χ4v) is 3.68. The third kappa shape index (κ3) is 5.60. The molecule has 28 heavy (non-hydrogen) atoms. The predicted molar refractivity (Wildman–Crippen MR) is 112 cm³/mol. The number of allylic oxidation sites excluding steroid dienone is 1. The highest BCUT2D eigenvalue weighted by Crippen LogP contribution is 2.21. The van der Waals surface area contributed by atoms with Gasteiger partial charge in [-0.3, -0.25) is 4.79 Å². The molecular formula is C23H24O4S. The van der Waals surface area contributed by atoms with E-state index in [4.69, 9.17) is 13.9 Å². The van der Waals surface area contributed by atoms with Crippen LogP contribution in [0.3, 0.4) is 0 Å². The minimum atomic E-state index is -0.00376. The molecule has 1 aromatic carbocycles. The van der Waals surface area contributed by atoms with Gasteiger partial charge in [-0.2, -0.15) is 0 Å². The number of ether oxygens (including phenoxy) is 2. The van der Waals surface area contributed by atoms with Gasteiger partial charge in [0.05, 0.1) is 11.5 Å². The van der Waals surface area contributed by atoms with E-state index in [0.717, 1.165) is 29.2 Å². The van der Waals surface area contributed by atoms with Gasteiger partial charge in [0.25, 0.3) is 0 Å². The minimum absolute atomic E-state index is 0.00376. The molecule has 0 atom stereocenters. The van der Waals surface area contributed by atoms with Gasteiger partial charge < -0.3 is 13.9 Å². The fraction of sp³-hybridized carbons (Fsp3) is 0.261. The minimum Gasteiger partial charge on any atom is -0.494 e. The van der Waals surface area contributed by atoms with Crippen LogP contribution in [0, 0.1) is 0 Å². The molecule has 0 amide bonds. The van der Waals surface area contributed by atoms with Gasteiger partial charge in [0.1, 0.15) is 29.6 Å². The number of rotatable bonds is 10. The summed E-state index contributed by atoms with van der Waals surface area (Å²) in [5.74, 6) is 2.88. The number of benzene rings is 1. The molecule has 0 fully saturated rings. The van der Waals surface area contributed by atoms with E-state index in [1.54, 1.807) is 23.5 Å². The highest BCUT2D eigenvalue weighted by Gasteiger charge is 2.07. The lowest BCUT2D eigenvalue weighted by Gasteiger charge is -2.06. The van der Waals surface area contributed by atoms with Crippen LogP contribution in [0.5, 0.6) is 11.5 Å². The van der Waals surface area contributed by atoms with Crippen molar-refractivity contribution < 1.29 is 18.7 Å². The normalized spacial score (nSPS) is 11.1. The molecular weight excluding hydrogens is 372 g/mol. The molecule has 0 N–H and O–H groups in total. The summed E-state index contributed by atoms with van der Waals surface area (Å²) in [6.45, 7) is 5.04. The molecule has 3 aromatic rings. The first-order valence-corrected chi connectivity index (χ1v) is 10.2. The first kappa shape index (κ1) is 20.0. The van der Waals surface area contributed by atoms with Crippen LogP contribution in [0.2, 0.25) is 0 Å². The van der Waals surface area contributed by atoms with E-state index in [1.165, 1.54) is 4.88 Å². The summed E-state index contributed by atoms with van der Waals surface area (Å²) in [6, 6.07) is 15.1. The lowest BCUT2D eigenvalue weighted by molar-refractivity contribution is 0.105. The van der Waals surface area contributed by atoms with Gasteiger partial charge >= 0.3 is 0 Å². The Morgan fingerprint density at radius 3 is 2.46 bits per heavy atom. The van der Waals surface area contributed by atoms with Crippen LogP contribution in [0.15, 0.2) is 59.0 Å². The van der Waals surface area contributed by atoms with E-state index >= 15 is 0 Å². The molecule has 2 aromatic heterocycles. The highest BCUT2D eigenvalue weighted by molar-refractivity contribution is 7.14. The number of ketones is 1. The summed E-state index contributed by atoms with van der Waals surface area (Å²) < 4.78 is 16.8. The summed E-state index contributed by atoms with van der Waals surface area (Å²) in [6.07, 6.45) is 5.34. The number of thiophene rings is 1. The Morgan fingerprint density at radius 1 is 1.00 bits per heavy atom. The Bertz CT molecular complexity index is 918. The van der Waals surface area contributed by atoms with Crippen LogP contribution in [-0.2, 0) is 13.0 Å². The maximum absolute atomic E-state index is 12.3. The second-order valence-corrected chi connectivity index (χ2v) is 7.38. The molecule has 5 heteroatoms. The van der Waals surface area contributed by atoms with E-state index in [-0.39, 0.29) is 5.78 Å². The van der Waals surface area contributed by atoms with Crippen molar-refractivity contribution in [2.24, 2.45) is 0 Å². The van der Waals surface area contributed by atoms with E-state index in [2.05, 4.69) is 6.92 Å². The van der Waals surface area contributed by atoms with Crippen LogP contribution in [-0.4, -0.2) is 12.4 Å². The Kier molecular flexibility index (Phi) is 7.09. The molecule has 0 aliphatic rings. The first-order chi connectivity index (χ1) is 13.7. The second-order valence-electron chi connectivity index (χ2n) is 6.21. The van der Waals surface area contributed by atoms with Crippen molar-refractivity contribution >= 4 is 23.2 Å². The molecule has 0 bridgehead atoms. The molecule has 146 valence electrons. The number of aryl methyl sites for hydroxylation is 1. The van der Waals surface area contributed by atoms with Crippen molar-refractivity contribution in [3.05, 3.63) is 75.9 Å².